The van der Waals surface area contributed by atoms with Crippen molar-refractivity contribution < 1.29 is 8.42 Å². The number of sulfonamides is 1. The van der Waals surface area contributed by atoms with Gasteiger partial charge in [0.05, 0.1) is 11.9 Å². The van der Waals surface area contributed by atoms with Gasteiger partial charge >= 0.3 is 0 Å². The molecule has 0 aliphatic carbocycles. The minimum Gasteiger partial charge on any atom is -0.281 e. The van der Waals surface area contributed by atoms with E-state index in [4.69, 9.17) is 0 Å². The van der Waals surface area contributed by atoms with Gasteiger partial charge in [0.2, 0.25) is 10.0 Å². The summed E-state index contributed by atoms with van der Waals surface area (Å²) in [6, 6.07) is -0.0655. The van der Waals surface area contributed by atoms with Crippen molar-refractivity contribution in [1.82, 2.24) is 14.9 Å². The average Bonchev–Trinajstić information content (AvgIpc) is 2.66. The molecule has 1 heterocycles. The van der Waals surface area contributed by atoms with E-state index in [9.17, 15) is 8.42 Å². The molecule has 0 aliphatic rings. The molecule has 0 aromatic carbocycles. The molecule has 0 bridgehead atoms. The Kier molecular flexibility index (Phi) is 4.70. The monoisotopic (exact) mass is 259 g/mol. The highest BCUT2D eigenvalue weighted by atomic mass is 32.2. The van der Waals surface area contributed by atoms with E-state index in [2.05, 4.69) is 28.8 Å². The molecule has 0 fully saturated rings. The lowest BCUT2D eigenvalue weighted by Crippen LogP contribution is -2.37. The number of aromatic nitrogens is 2. The first-order valence-corrected chi connectivity index (χ1v) is 7.43. The zero-order valence-corrected chi connectivity index (χ0v) is 11.6. The van der Waals surface area contributed by atoms with Gasteiger partial charge in [0.1, 0.15) is 4.90 Å². The van der Waals surface area contributed by atoms with Crippen LogP contribution in [-0.2, 0) is 10.0 Å². The molecule has 0 spiro atoms. The van der Waals surface area contributed by atoms with Crippen LogP contribution in [-0.4, -0.2) is 24.7 Å². The molecule has 0 saturated carbocycles. The summed E-state index contributed by atoms with van der Waals surface area (Å²) in [7, 11) is -3.46. The summed E-state index contributed by atoms with van der Waals surface area (Å²) < 4.78 is 26.9. The predicted octanol–water partition coefficient (Wildman–Crippen LogP) is 1.82. The van der Waals surface area contributed by atoms with Crippen molar-refractivity contribution in [3.05, 3.63) is 11.9 Å². The van der Waals surface area contributed by atoms with Gasteiger partial charge in [0.25, 0.3) is 0 Å². The Morgan fingerprint density at radius 3 is 2.41 bits per heavy atom. The third-order valence-corrected chi connectivity index (χ3v) is 4.84. The molecule has 0 saturated heterocycles. The number of aromatic amines is 1. The largest absolute Gasteiger partial charge is 0.281 e. The van der Waals surface area contributed by atoms with Crippen LogP contribution in [0.2, 0.25) is 0 Å². The quantitative estimate of drug-likeness (QED) is 0.818. The molecule has 1 aromatic heterocycles. The Morgan fingerprint density at radius 1 is 1.41 bits per heavy atom. The summed E-state index contributed by atoms with van der Waals surface area (Å²) in [5.74, 6) is 0.358. The van der Waals surface area contributed by atoms with E-state index in [-0.39, 0.29) is 10.9 Å². The second kappa shape index (κ2) is 5.64. The van der Waals surface area contributed by atoms with Gasteiger partial charge in [0, 0.05) is 6.04 Å². The topological polar surface area (TPSA) is 74.8 Å². The smallest absolute Gasteiger partial charge is 0.244 e. The number of rotatable bonds is 6. The SMILES string of the molecule is CCC(CC)C(C)NS(=O)(=O)c1cn[nH]c1C. The molecule has 98 valence electrons. The third kappa shape index (κ3) is 3.29. The van der Waals surface area contributed by atoms with Gasteiger partial charge in [-0.3, -0.25) is 5.10 Å². The van der Waals surface area contributed by atoms with Gasteiger partial charge in [0.15, 0.2) is 0 Å². The molecule has 1 rings (SSSR count). The number of H-pyrrole nitrogens is 1. The Balaban J connectivity index is 2.84. The highest BCUT2D eigenvalue weighted by Gasteiger charge is 2.24. The fraction of sp³-hybridized carbons (Fsp3) is 0.727. The van der Waals surface area contributed by atoms with Gasteiger partial charge in [-0.1, -0.05) is 26.7 Å². The van der Waals surface area contributed by atoms with E-state index in [1.165, 1.54) is 6.20 Å². The van der Waals surface area contributed by atoms with Crippen LogP contribution in [0, 0.1) is 12.8 Å². The van der Waals surface area contributed by atoms with Crippen LogP contribution in [0.4, 0.5) is 0 Å². The summed E-state index contributed by atoms with van der Waals surface area (Å²) >= 11 is 0. The summed E-state index contributed by atoms with van der Waals surface area (Å²) in [5, 5.41) is 6.37. The molecular formula is C11H21N3O2S. The molecule has 0 aliphatic heterocycles. The Hall–Kier alpha value is -0.880. The molecule has 17 heavy (non-hydrogen) atoms. The van der Waals surface area contributed by atoms with Crippen molar-refractivity contribution in [3.8, 4) is 0 Å². The van der Waals surface area contributed by atoms with Crippen LogP contribution < -0.4 is 4.72 Å². The van der Waals surface area contributed by atoms with Crippen LogP contribution in [0.1, 0.15) is 39.3 Å². The Bertz CT molecular complexity index is 449. The van der Waals surface area contributed by atoms with Gasteiger partial charge in [-0.05, 0) is 19.8 Å². The molecule has 0 amide bonds. The lowest BCUT2D eigenvalue weighted by atomic mass is 9.96. The molecule has 6 heteroatoms. The minimum atomic E-state index is -3.46. The van der Waals surface area contributed by atoms with Crippen molar-refractivity contribution in [2.75, 3.05) is 0 Å². The first kappa shape index (κ1) is 14.2. The highest BCUT2D eigenvalue weighted by molar-refractivity contribution is 7.89. The zero-order chi connectivity index (χ0) is 13.1. The van der Waals surface area contributed by atoms with Crippen molar-refractivity contribution in [2.24, 2.45) is 5.92 Å². The van der Waals surface area contributed by atoms with Crippen molar-refractivity contribution in [3.63, 3.8) is 0 Å². The average molecular weight is 259 g/mol. The summed E-state index contributed by atoms with van der Waals surface area (Å²) in [6.45, 7) is 7.75. The van der Waals surface area contributed by atoms with Gasteiger partial charge in [-0.25, -0.2) is 13.1 Å². The van der Waals surface area contributed by atoms with E-state index >= 15 is 0 Å². The number of nitrogens with one attached hydrogen (secondary N) is 2. The number of nitrogens with zero attached hydrogens (tertiary/aromatic N) is 1. The van der Waals surface area contributed by atoms with E-state index < -0.39 is 10.0 Å². The lowest BCUT2D eigenvalue weighted by molar-refractivity contribution is 0.390. The zero-order valence-electron chi connectivity index (χ0n) is 10.8. The molecule has 1 aromatic rings. The van der Waals surface area contributed by atoms with E-state index in [1.807, 2.05) is 6.92 Å². The first-order chi connectivity index (χ1) is 7.92. The Morgan fingerprint density at radius 2 is 2.00 bits per heavy atom. The number of hydrogen-bond donors (Lipinski definition) is 2. The standard InChI is InChI=1S/C11H21N3O2S/c1-5-10(6-2)8(3)14-17(15,16)11-7-12-13-9(11)4/h7-8,10,14H,5-6H2,1-4H3,(H,12,13). The summed E-state index contributed by atoms with van der Waals surface area (Å²) in [4.78, 5) is 0.232. The maximum absolute atomic E-state index is 12.1. The molecule has 1 unspecified atom stereocenters. The summed E-state index contributed by atoms with van der Waals surface area (Å²) in [6.07, 6.45) is 3.27. The van der Waals surface area contributed by atoms with Crippen molar-refractivity contribution >= 4 is 10.0 Å². The van der Waals surface area contributed by atoms with E-state index in [1.54, 1.807) is 6.92 Å². The molecule has 5 nitrogen and oxygen atoms in total. The molecule has 1 atom stereocenters. The summed E-state index contributed by atoms with van der Waals surface area (Å²) in [5.41, 5.74) is 0.564. The second-order valence-electron chi connectivity index (χ2n) is 4.35. The maximum atomic E-state index is 12.1. The van der Waals surface area contributed by atoms with Crippen molar-refractivity contribution in [2.45, 2.75) is 51.5 Å². The first-order valence-electron chi connectivity index (χ1n) is 5.94. The molecular weight excluding hydrogens is 238 g/mol. The maximum Gasteiger partial charge on any atom is 0.244 e. The normalized spacial score (nSPS) is 14.2. The van der Waals surface area contributed by atoms with E-state index in [0.717, 1.165) is 12.8 Å². The molecule has 0 radical (unpaired) electrons. The van der Waals surface area contributed by atoms with Crippen LogP contribution in [0.3, 0.4) is 0 Å². The third-order valence-electron chi connectivity index (χ3n) is 3.17. The van der Waals surface area contributed by atoms with Crippen molar-refractivity contribution in [1.29, 1.82) is 0 Å². The van der Waals surface area contributed by atoms with Crippen LogP contribution in [0.15, 0.2) is 11.1 Å². The second-order valence-corrected chi connectivity index (χ2v) is 6.03. The number of hydrogen-bond acceptors (Lipinski definition) is 3. The fourth-order valence-electron chi connectivity index (χ4n) is 2.01. The number of aryl methyl sites for hydroxylation is 1. The fourth-order valence-corrected chi connectivity index (χ4v) is 3.46. The highest BCUT2D eigenvalue weighted by Crippen LogP contribution is 2.17. The van der Waals surface area contributed by atoms with Crippen LogP contribution in [0.25, 0.3) is 0 Å². The Labute approximate surface area is 103 Å². The van der Waals surface area contributed by atoms with Crippen LogP contribution in [0.5, 0.6) is 0 Å². The minimum absolute atomic E-state index is 0.0655. The van der Waals surface area contributed by atoms with Crippen LogP contribution >= 0.6 is 0 Å². The van der Waals surface area contributed by atoms with Gasteiger partial charge in [-0.15, -0.1) is 0 Å². The van der Waals surface area contributed by atoms with Gasteiger partial charge in [-0.2, -0.15) is 5.10 Å². The predicted molar refractivity (Wildman–Crippen MR) is 67.2 cm³/mol. The lowest BCUT2D eigenvalue weighted by Gasteiger charge is -2.22. The molecule has 2 N–H and O–H groups in total. The van der Waals surface area contributed by atoms with Gasteiger partial charge < -0.3 is 0 Å². The van der Waals surface area contributed by atoms with E-state index in [0.29, 0.717) is 11.6 Å².